The number of aliphatic hydroxyl groups excluding tert-OH is 1. The maximum atomic E-state index is 12.4. The Morgan fingerprint density at radius 2 is 2.00 bits per heavy atom. The molecule has 1 N–H and O–H groups in total. The van der Waals surface area contributed by atoms with Crippen LogP contribution in [0.4, 0.5) is 0 Å². The maximum absolute atomic E-state index is 12.4. The Hall–Kier alpha value is -1.19. The number of sulfonamides is 1. The Morgan fingerprint density at radius 1 is 1.23 bits per heavy atom. The minimum atomic E-state index is -3.37. The number of thiophene rings is 1. The van der Waals surface area contributed by atoms with Gasteiger partial charge in [0.1, 0.15) is 16.1 Å². The Kier molecular flexibility index (Phi) is 4.65. The van der Waals surface area contributed by atoms with E-state index < -0.39 is 16.1 Å². The molecule has 1 saturated heterocycles. The molecule has 3 rings (SSSR count). The highest BCUT2D eigenvalue weighted by Gasteiger charge is 2.30. The maximum Gasteiger partial charge on any atom is 0.252 e. The van der Waals surface area contributed by atoms with Crippen molar-refractivity contribution < 1.29 is 17.9 Å². The molecule has 1 atom stereocenters. The summed E-state index contributed by atoms with van der Waals surface area (Å²) in [5.41, 5.74) is 0. The molecule has 0 saturated carbocycles. The molecule has 120 valence electrons. The topological polar surface area (TPSA) is 74.0 Å². The summed E-state index contributed by atoms with van der Waals surface area (Å²) < 4.78 is 31.9. The predicted molar refractivity (Wildman–Crippen MR) is 83.2 cm³/mol. The third-order valence-corrected chi connectivity index (χ3v) is 6.99. The zero-order valence-corrected chi connectivity index (χ0v) is 13.6. The summed E-state index contributed by atoms with van der Waals surface area (Å²) in [6.07, 6.45) is 0.847. The van der Waals surface area contributed by atoms with Gasteiger partial charge in [0.25, 0.3) is 10.0 Å². The number of rotatable bonds is 5. The van der Waals surface area contributed by atoms with Gasteiger partial charge in [-0.15, -0.1) is 11.3 Å². The number of furan rings is 1. The van der Waals surface area contributed by atoms with E-state index in [2.05, 4.69) is 0 Å². The first-order valence-corrected chi connectivity index (χ1v) is 9.37. The van der Waals surface area contributed by atoms with E-state index in [-0.39, 0.29) is 0 Å². The van der Waals surface area contributed by atoms with E-state index >= 15 is 0 Å². The van der Waals surface area contributed by atoms with Crippen LogP contribution in [0.25, 0.3) is 0 Å². The summed E-state index contributed by atoms with van der Waals surface area (Å²) in [6.45, 7) is 2.52. The molecule has 22 heavy (non-hydrogen) atoms. The number of piperazine rings is 1. The van der Waals surface area contributed by atoms with Crippen LogP contribution >= 0.6 is 11.3 Å². The van der Waals surface area contributed by atoms with E-state index in [0.29, 0.717) is 42.7 Å². The Balaban J connectivity index is 1.57. The first-order chi connectivity index (χ1) is 10.6. The molecular formula is C14H18N2O4S2. The Bertz CT molecular complexity index is 675. The van der Waals surface area contributed by atoms with Crippen LogP contribution in [0.5, 0.6) is 0 Å². The standard InChI is InChI=1S/C14H18N2O4S2/c17-12(13-3-1-9-20-13)11-15-5-7-16(8-6-15)22(18,19)14-4-2-10-21-14/h1-4,9-10,12,17H,5-8,11H2/t12-/m1/s1. The molecule has 2 aromatic heterocycles. The molecule has 0 unspecified atom stereocenters. The van der Waals surface area contributed by atoms with Crippen molar-refractivity contribution >= 4 is 21.4 Å². The van der Waals surface area contributed by atoms with E-state index in [1.54, 1.807) is 29.6 Å². The van der Waals surface area contributed by atoms with Crippen LogP contribution in [0.2, 0.25) is 0 Å². The van der Waals surface area contributed by atoms with Crippen LogP contribution in [0, 0.1) is 0 Å². The van der Waals surface area contributed by atoms with Crippen molar-refractivity contribution in [2.45, 2.75) is 10.3 Å². The fourth-order valence-electron chi connectivity index (χ4n) is 2.51. The quantitative estimate of drug-likeness (QED) is 0.889. The van der Waals surface area contributed by atoms with Gasteiger partial charge < -0.3 is 9.52 Å². The molecule has 3 heterocycles. The minimum absolute atomic E-state index is 0.386. The van der Waals surface area contributed by atoms with Gasteiger partial charge >= 0.3 is 0 Å². The Labute approximate surface area is 133 Å². The van der Waals surface area contributed by atoms with E-state index in [1.807, 2.05) is 4.90 Å². The SMILES string of the molecule is O=S(=O)(c1cccs1)N1CCN(C[C@@H](O)c2ccco2)CC1. The highest BCUT2D eigenvalue weighted by molar-refractivity contribution is 7.91. The molecule has 6 nitrogen and oxygen atoms in total. The summed E-state index contributed by atoms with van der Waals surface area (Å²) >= 11 is 1.24. The van der Waals surface area contributed by atoms with E-state index in [0.717, 1.165) is 0 Å². The smallest absolute Gasteiger partial charge is 0.252 e. The first-order valence-electron chi connectivity index (χ1n) is 7.05. The van der Waals surface area contributed by atoms with Gasteiger partial charge in [0.2, 0.25) is 0 Å². The van der Waals surface area contributed by atoms with Gasteiger partial charge in [-0.1, -0.05) is 6.07 Å². The molecule has 0 aromatic carbocycles. The largest absolute Gasteiger partial charge is 0.467 e. The van der Waals surface area contributed by atoms with E-state index in [4.69, 9.17) is 4.42 Å². The first kappa shape index (κ1) is 15.7. The van der Waals surface area contributed by atoms with Crippen molar-refractivity contribution in [2.24, 2.45) is 0 Å². The average Bonchev–Trinajstić information content (AvgIpc) is 3.21. The summed E-state index contributed by atoms with van der Waals surface area (Å²) in [7, 11) is -3.37. The van der Waals surface area contributed by atoms with Crippen molar-refractivity contribution in [1.82, 2.24) is 9.21 Å². The van der Waals surface area contributed by atoms with Crippen molar-refractivity contribution in [2.75, 3.05) is 32.7 Å². The zero-order chi connectivity index (χ0) is 15.6. The average molecular weight is 342 g/mol. The molecule has 0 spiro atoms. The molecule has 8 heteroatoms. The van der Waals surface area contributed by atoms with Gasteiger partial charge in [-0.25, -0.2) is 8.42 Å². The van der Waals surface area contributed by atoms with Crippen LogP contribution in [0.3, 0.4) is 0 Å². The van der Waals surface area contributed by atoms with Crippen molar-refractivity contribution in [3.8, 4) is 0 Å². The van der Waals surface area contributed by atoms with Gasteiger partial charge in [0.05, 0.1) is 6.26 Å². The summed E-state index contributed by atoms with van der Waals surface area (Å²) in [5.74, 6) is 0.536. The van der Waals surface area contributed by atoms with Crippen LogP contribution in [-0.2, 0) is 10.0 Å². The van der Waals surface area contributed by atoms with E-state index in [1.165, 1.54) is 21.9 Å². The third-order valence-electron chi connectivity index (χ3n) is 3.72. The summed E-state index contributed by atoms with van der Waals surface area (Å²) in [5, 5.41) is 11.8. The lowest BCUT2D eigenvalue weighted by Gasteiger charge is -2.34. The van der Waals surface area contributed by atoms with Gasteiger partial charge in [-0.3, -0.25) is 4.90 Å². The van der Waals surface area contributed by atoms with Gasteiger partial charge in [-0.2, -0.15) is 4.31 Å². The second kappa shape index (κ2) is 6.51. The van der Waals surface area contributed by atoms with Gasteiger partial charge in [0.15, 0.2) is 0 Å². The lowest BCUT2D eigenvalue weighted by Crippen LogP contribution is -2.49. The number of hydrogen-bond acceptors (Lipinski definition) is 6. The van der Waals surface area contributed by atoms with Crippen LogP contribution in [0.1, 0.15) is 11.9 Å². The molecular weight excluding hydrogens is 324 g/mol. The fourth-order valence-corrected chi connectivity index (χ4v) is 5.07. The molecule has 0 radical (unpaired) electrons. The number of hydrogen-bond donors (Lipinski definition) is 1. The molecule has 1 aliphatic heterocycles. The lowest BCUT2D eigenvalue weighted by atomic mass is 10.2. The zero-order valence-electron chi connectivity index (χ0n) is 12.0. The normalized spacial score (nSPS) is 19.3. The monoisotopic (exact) mass is 342 g/mol. The second-order valence-corrected chi connectivity index (χ2v) is 8.28. The highest BCUT2D eigenvalue weighted by Crippen LogP contribution is 2.23. The Morgan fingerprint density at radius 3 is 2.59 bits per heavy atom. The molecule has 1 fully saturated rings. The third kappa shape index (κ3) is 3.26. The molecule has 0 amide bonds. The summed E-state index contributed by atoms with van der Waals surface area (Å²) in [4.78, 5) is 2.05. The molecule has 1 aliphatic rings. The van der Waals surface area contributed by atoms with Gasteiger partial charge in [-0.05, 0) is 23.6 Å². The van der Waals surface area contributed by atoms with Crippen LogP contribution in [-0.4, -0.2) is 55.5 Å². The molecule has 0 aliphatic carbocycles. The van der Waals surface area contributed by atoms with Crippen LogP contribution < -0.4 is 0 Å². The van der Waals surface area contributed by atoms with Gasteiger partial charge in [0, 0.05) is 32.7 Å². The number of β-amino-alcohol motifs (C(OH)–C–C–N with tert-alkyl or cyclic N) is 1. The van der Waals surface area contributed by atoms with Crippen LogP contribution in [0.15, 0.2) is 44.5 Å². The predicted octanol–water partition coefficient (Wildman–Crippen LogP) is 1.38. The lowest BCUT2D eigenvalue weighted by molar-refractivity contribution is 0.0777. The summed E-state index contributed by atoms with van der Waals surface area (Å²) in [6, 6.07) is 6.85. The molecule has 2 aromatic rings. The minimum Gasteiger partial charge on any atom is -0.467 e. The molecule has 0 bridgehead atoms. The second-order valence-electron chi connectivity index (χ2n) is 5.17. The van der Waals surface area contributed by atoms with Crippen molar-refractivity contribution in [3.05, 3.63) is 41.7 Å². The van der Waals surface area contributed by atoms with E-state index in [9.17, 15) is 13.5 Å². The van der Waals surface area contributed by atoms with Crippen molar-refractivity contribution in [1.29, 1.82) is 0 Å². The number of nitrogens with zero attached hydrogens (tertiary/aromatic N) is 2. The van der Waals surface area contributed by atoms with Crippen molar-refractivity contribution in [3.63, 3.8) is 0 Å². The highest BCUT2D eigenvalue weighted by atomic mass is 32.2. The fraction of sp³-hybridized carbons (Fsp3) is 0.429. The number of aliphatic hydroxyl groups is 1.